The summed E-state index contributed by atoms with van der Waals surface area (Å²) in [6, 6.07) is 8.47. The number of aromatic amines is 1. The van der Waals surface area contributed by atoms with Crippen LogP contribution in [0.25, 0.3) is 10.2 Å². The molecule has 4 heterocycles. The van der Waals surface area contributed by atoms with Crippen molar-refractivity contribution in [2.24, 2.45) is 0 Å². The van der Waals surface area contributed by atoms with Crippen LogP contribution in [0.15, 0.2) is 34.4 Å². The van der Waals surface area contributed by atoms with Crippen molar-refractivity contribution >= 4 is 21.6 Å². The quantitative estimate of drug-likeness (QED) is 0.750. The molecule has 2 aliphatic heterocycles. The van der Waals surface area contributed by atoms with E-state index in [0.29, 0.717) is 30.5 Å². The summed E-state index contributed by atoms with van der Waals surface area (Å²) in [6.45, 7) is 3.02. The number of nitrogens with zero attached hydrogens (tertiary/aromatic N) is 2. The average molecular weight is 383 g/mol. The van der Waals surface area contributed by atoms with Crippen LogP contribution in [0.5, 0.6) is 11.5 Å². The van der Waals surface area contributed by atoms with Crippen LogP contribution in [0.4, 0.5) is 0 Å². The van der Waals surface area contributed by atoms with Gasteiger partial charge in [0.1, 0.15) is 10.5 Å². The van der Waals surface area contributed by atoms with Gasteiger partial charge in [0, 0.05) is 12.5 Å². The number of ether oxygens (including phenoxy) is 2. The Morgan fingerprint density at radius 2 is 2.07 bits per heavy atom. The van der Waals surface area contributed by atoms with Gasteiger partial charge < -0.3 is 14.5 Å². The Bertz CT molecular complexity index is 1030. The number of nitrogens with one attached hydrogen (secondary N) is 1. The summed E-state index contributed by atoms with van der Waals surface area (Å²) in [7, 11) is 0. The van der Waals surface area contributed by atoms with Gasteiger partial charge in [0.15, 0.2) is 11.5 Å². The second kappa shape index (κ2) is 6.98. The normalized spacial score (nSPS) is 20.1. The topological polar surface area (TPSA) is 67.5 Å². The third-order valence-electron chi connectivity index (χ3n) is 5.24. The molecule has 1 N–H and O–H groups in total. The first kappa shape index (κ1) is 16.8. The first-order valence-electron chi connectivity index (χ1n) is 9.38. The first-order valence-corrected chi connectivity index (χ1v) is 10.3. The Morgan fingerprint density at radius 1 is 1.19 bits per heavy atom. The SMILES string of the molecule is O=c1[nH]c(CN2CCCC2c2ccc3c(c2)OCCCO3)nc2ccsc12. The van der Waals surface area contributed by atoms with Crippen LogP contribution in [0.2, 0.25) is 0 Å². The summed E-state index contributed by atoms with van der Waals surface area (Å²) in [5.74, 6) is 2.39. The zero-order chi connectivity index (χ0) is 18.2. The van der Waals surface area contributed by atoms with Crippen molar-refractivity contribution in [3.63, 3.8) is 0 Å². The van der Waals surface area contributed by atoms with Crippen LogP contribution >= 0.6 is 11.3 Å². The molecular formula is C20H21N3O3S. The molecule has 0 spiro atoms. The molecule has 0 aliphatic carbocycles. The van der Waals surface area contributed by atoms with Crippen molar-refractivity contribution in [2.75, 3.05) is 19.8 Å². The Balaban J connectivity index is 1.41. The average Bonchev–Trinajstić information content (AvgIpc) is 3.26. The van der Waals surface area contributed by atoms with Crippen LogP contribution in [0.3, 0.4) is 0 Å². The van der Waals surface area contributed by atoms with Gasteiger partial charge >= 0.3 is 0 Å². The van der Waals surface area contributed by atoms with E-state index in [-0.39, 0.29) is 5.56 Å². The van der Waals surface area contributed by atoms with Crippen molar-refractivity contribution in [3.05, 3.63) is 51.4 Å². The highest BCUT2D eigenvalue weighted by molar-refractivity contribution is 7.17. The van der Waals surface area contributed by atoms with Gasteiger partial charge in [-0.15, -0.1) is 11.3 Å². The molecule has 0 amide bonds. The number of aromatic nitrogens is 2. The second-order valence-electron chi connectivity index (χ2n) is 7.03. The first-order chi connectivity index (χ1) is 13.3. The summed E-state index contributed by atoms with van der Waals surface area (Å²) in [5.41, 5.74) is 1.97. The fraction of sp³-hybridized carbons (Fsp3) is 0.400. The predicted molar refractivity (Wildman–Crippen MR) is 105 cm³/mol. The molecule has 0 bridgehead atoms. The molecule has 1 unspecified atom stereocenters. The molecule has 27 heavy (non-hydrogen) atoms. The Labute approximate surface area is 160 Å². The monoisotopic (exact) mass is 383 g/mol. The number of H-pyrrole nitrogens is 1. The van der Waals surface area contributed by atoms with Crippen LogP contribution in [-0.2, 0) is 6.54 Å². The molecule has 6 nitrogen and oxygen atoms in total. The second-order valence-corrected chi connectivity index (χ2v) is 7.95. The molecule has 0 radical (unpaired) electrons. The number of likely N-dealkylation sites (tertiary alicyclic amines) is 1. The Kier molecular flexibility index (Phi) is 4.33. The van der Waals surface area contributed by atoms with Gasteiger partial charge in [0.2, 0.25) is 0 Å². The maximum atomic E-state index is 12.2. The van der Waals surface area contributed by atoms with E-state index in [1.165, 1.54) is 16.9 Å². The predicted octanol–water partition coefficient (Wildman–Crippen LogP) is 3.48. The molecule has 1 fully saturated rings. The van der Waals surface area contributed by atoms with Crippen molar-refractivity contribution in [3.8, 4) is 11.5 Å². The van der Waals surface area contributed by atoms with Crippen molar-refractivity contribution < 1.29 is 9.47 Å². The molecule has 1 aromatic carbocycles. The van der Waals surface area contributed by atoms with Crippen LogP contribution < -0.4 is 15.0 Å². The number of fused-ring (bicyclic) bond motifs is 2. The molecule has 1 atom stereocenters. The van der Waals surface area contributed by atoms with E-state index in [9.17, 15) is 4.79 Å². The summed E-state index contributed by atoms with van der Waals surface area (Å²) < 4.78 is 12.3. The standard InChI is InChI=1S/C20H21N3O3S/c24-20-19-14(6-10-27-19)21-18(22-20)12-23-7-1-3-15(23)13-4-5-16-17(11-13)26-9-2-8-25-16/h4-6,10-11,15H,1-3,7-9,12H2,(H,21,22,24). The van der Waals surface area contributed by atoms with Gasteiger partial charge in [-0.2, -0.15) is 0 Å². The maximum absolute atomic E-state index is 12.2. The third kappa shape index (κ3) is 3.21. The Morgan fingerprint density at radius 3 is 3.00 bits per heavy atom. The highest BCUT2D eigenvalue weighted by atomic mass is 32.1. The lowest BCUT2D eigenvalue weighted by Gasteiger charge is -2.25. The minimum absolute atomic E-state index is 0.0451. The van der Waals surface area contributed by atoms with E-state index in [1.54, 1.807) is 0 Å². The van der Waals surface area contributed by atoms with Crippen molar-refractivity contribution in [1.82, 2.24) is 14.9 Å². The van der Waals surface area contributed by atoms with E-state index >= 15 is 0 Å². The summed E-state index contributed by atoms with van der Waals surface area (Å²) in [4.78, 5) is 22.2. The number of hydrogen-bond donors (Lipinski definition) is 1. The minimum atomic E-state index is -0.0451. The molecular weight excluding hydrogens is 362 g/mol. The summed E-state index contributed by atoms with van der Waals surface area (Å²) >= 11 is 1.43. The van der Waals surface area contributed by atoms with Gasteiger partial charge in [0.25, 0.3) is 5.56 Å². The smallest absolute Gasteiger partial charge is 0.268 e. The lowest BCUT2D eigenvalue weighted by atomic mass is 10.0. The third-order valence-corrected chi connectivity index (χ3v) is 6.14. The van der Waals surface area contributed by atoms with E-state index in [2.05, 4.69) is 27.0 Å². The molecule has 0 saturated carbocycles. The summed E-state index contributed by atoms with van der Waals surface area (Å²) in [6.07, 6.45) is 3.12. The molecule has 5 rings (SSSR count). The number of benzene rings is 1. The molecule has 1 saturated heterocycles. The fourth-order valence-corrected chi connectivity index (χ4v) is 4.69. The number of hydrogen-bond acceptors (Lipinski definition) is 6. The molecule has 140 valence electrons. The van der Waals surface area contributed by atoms with Crippen LogP contribution in [0.1, 0.15) is 36.7 Å². The van der Waals surface area contributed by atoms with Gasteiger partial charge in [-0.1, -0.05) is 6.07 Å². The highest BCUT2D eigenvalue weighted by Gasteiger charge is 2.28. The molecule has 3 aromatic rings. The molecule has 2 aliphatic rings. The number of rotatable bonds is 3. The molecule has 7 heteroatoms. The van der Waals surface area contributed by atoms with E-state index in [4.69, 9.17) is 9.47 Å². The zero-order valence-electron chi connectivity index (χ0n) is 14.9. The van der Waals surface area contributed by atoms with Crippen molar-refractivity contribution in [1.29, 1.82) is 0 Å². The molecule has 2 aromatic heterocycles. The Hall–Kier alpha value is -2.38. The minimum Gasteiger partial charge on any atom is -0.490 e. The summed E-state index contributed by atoms with van der Waals surface area (Å²) in [5, 5.41) is 1.91. The maximum Gasteiger partial charge on any atom is 0.268 e. The highest BCUT2D eigenvalue weighted by Crippen LogP contribution is 2.38. The van der Waals surface area contributed by atoms with Crippen LogP contribution in [-0.4, -0.2) is 34.6 Å². The van der Waals surface area contributed by atoms with Gasteiger partial charge in [-0.05, 0) is 48.5 Å². The van der Waals surface area contributed by atoms with E-state index in [0.717, 1.165) is 48.6 Å². The number of thiophene rings is 1. The fourth-order valence-electron chi connectivity index (χ4n) is 3.97. The lowest BCUT2D eigenvalue weighted by molar-refractivity contribution is 0.241. The van der Waals surface area contributed by atoms with E-state index in [1.807, 2.05) is 17.5 Å². The largest absolute Gasteiger partial charge is 0.490 e. The van der Waals surface area contributed by atoms with Gasteiger partial charge in [0.05, 0.1) is 25.3 Å². The van der Waals surface area contributed by atoms with Gasteiger partial charge in [-0.25, -0.2) is 4.98 Å². The zero-order valence-corrected chi connectivity index (χ0v) is 15.8. The van der Waals surface area contributed by atoms with Crippen LogP contribution in [0, 0.1) is 0 Å². The van der Waals surface area contributed by atoms with E-state index < -0.39 is 0 Å². The van der Waals surface area contributed by atoms with Crippen molar-refractivity contribution in [2.45, 2.75) is 31.8 Å². The lowest BCUT2D eigenvalue weighted by Crippen LogP contribution is -2.25. The van der Waals surface area contributed by atoms with Gasteiger partial charge in [-0.3, -0.25) is 9.69 Å².